The number of nitrogens with one attached hydrogen (secondary N) is 4. The summed E-state index contributed by atoms with van der Waals surface area (Å²) in [5.74, 6) is -0.248. The number of halogens is 2. The van der Waals surface area contributed by atoms with Gasteiger partial charge in [0.15, 0.2) is 0 Å². The van der Waals surface area contributed by atoms with Crippen molar-refractivity contribution in [2.75, 3.05) is 30.3 Å². The van der Waals surface area contributed by atoms with Crippen LogP contribution in [0.15, 0.2) is 91.3 Å². The van der Waals surface area contributed by atoms with Gasteiger partial charge in [-0.1, -0.05) is 35.3 Å². The van der Waals surface area contributed by atoms with E-state index in [1.807, 2.05) is 73.5 Å². The van der Waals surface area contributed by atoms with Gasteiger partial charge in [-0.3, -0.25) is 9.78 Å². The number of carbonyl (C=O) groups excluding carboxylic acids is 2. The fourth-order valence-corrected chi connectivity index (χ4v) is 5.19. The van der Waals surface area contributed by atoms with Crippen molar-refractivity contribution >= 4 is 58.2 Å². The Morgan fingerprint density at radius 1 is 0.844 bits per heavy atom. The van der Waals surface area contributed by atoms with E-state index < -0.39 is 12.2 Å². The second kappa shape index (κ2) is 16.6. The van der Waals surface area contributed by atoms with Crippen molar-refractivity contribution in [1.29, 1.82) is 0 Å². The van der Waals surface area contributed by atoms with Gasteiger partial charge in [0, 0.05) is 69.9 Å². The van der Waals surface area contributed by atoms with Crippen LogP contribution in [0, 0.1) is 0 Å². The Labute approximate surface area is 271 Å². The van der Waals surface area contributed by atoms with Crippen molar-refractivity contribution in [2.45, 2.75) is 25.0 Å². The molecule has 2 heterocycles. The number of anilines is 2. The quantitative estimate of drug-likeness (QED) is 0.0919. The average Bonchev–Trinajstić information content (AvgIpc) is 3.43. The predicted octanol–water partition coefficient (Wildman–Crippen LogP) is 6.01. The molecule has 0 aliphatic heterocycles. The molecule has 2 unspecified atom stereocenters. The van der Waals surface area contributed by atoms with Gasteiger partial charge in [-0.15, -0.1) is 0 Å². The molecule has 5 aromatic rings. The van der Waals surface area contributed by atoms with Crippen molar-refractivity contribution < 1.29 is 19.8 Å². The van der Waals surface area contributed by atoms with Crippen molar-refractivity contribution in [2.24, 2.45) is 0 Å². The fourth-order valence-electron chi connectivity index (χ4n) is 4.89. The average molecular weight is 649 g/mol. The van der Waals surface area contributed by atoms with E-state index >= 15 is 0 Å². The number of benzene rings is 3. The summed E-state index contributed by atoms with van der Waals surface area (Å²) in [6, 6.07) is 24.0. The Kier molecular flexibility index (Phi) is 12.4. The number of aromatic amines is 1. The second-order valence-electron chi connectivity index (χ2n) is 10.2. The smallest absolute Gasteiger partial charge is 0.251 e. The molecule has 0 saturated heterocycles. The van der Waals surface area contributed by atoms with E-state index in [0.29, 0.717) is 41.5 Å². The number of carbonyl (C=O) groups is 2. The molecule has 0 fully saturated rings. The normalized spacial score (nSPS) is 12.1. The molecule has 9 nitrogen and oxygen atoms in total. The van der Waals surface area contributed by atoms with Crippen LogP contribution in [0.3, 0.4) is 0 Å². The van der Waals surface area contributed by atoms with Gasteiger partial charge in [-0.2, -0.15) is 0 Å². The lowest BCUT2D eigenvalue weighted by atomic mass is 9.99. The molecule has 11 heteroatoms. The first-order valence-electron chi connectivity index (χ1n) is 14.3. The van der Waals surface area contributed by atoms with E-state index in [1.54, 1.807) is 24.5 Å². The summed E-state index contributed by atoms with van der Waals surface area (Å²) in [5.41, 5.74) is 5.71. The van der Waals surface area contributed by atoms with E-state index in [0.717, 1.165) is 39.1 Å². The minimum Gasteiger partial charge on any atom is -0.391 e. The Hall–Kier alpha value is -4.41. The molecule has 0 radical (unpaired) electrons. The molecular formula is C34H35Cl2N5O4. The van der Waals surface area contributed by atoms with Gasteiger partial charge in [0.1, 0.15) is 12.9 Å². The van der Waals surface area contributed by atoms with Gasteiger partial charge < -0.3 is 35.9 Å². The van der Waals surface area contributed by atoms with Gasteiger partial charge >= 0.3 is 0 Å². The molecular weight excluding hydrogens is 613 g/mol. The van der Waals surface area contributed by atoms with Crippen LogP contribution in [0.1, 0.15) is 39.7 Å². The minimum atomic E-state index is -0.864. The number of rotatable bonds is 13. The molecule has 3 aromatic carbocycles. The summed E-state index contributed by atoms with van der Waals surface area (Å²) in [7, 11) is 0. The summed E-state index contributed by atoms with van der Waals surface area (Å²) >= 11 is 12.3. The number of hydrogen-bond acceptors (Lipinski definition) is 7. The summed E-state index contributed by atoms with van der Waals surface area (Å²) in [6.07, 6.45) is 2.67. The SMILES string of the molecule is C=O.O=C(NCC(O)CCNc1ccc(C(O)c2[nH]c3ccc(Cl)cc3c2CCNc2ccc(Cl)cc2)cc1)c1ccncc1. The Bertz CT molecular complexity index is 1660. The first-order chi connectivity index (χ1) is 21.9. The maximum Gasteiger partial charge on any atom is 0.251 e. The lowest BCUT2D eigenvalue weighted by Crippen LogP contribution is -2.33. The predicted molar refractivity (Wildman–Crippen MR) is 180 cm³/mol. The number of aliphatic hydroxyl groups excluding tert-OH is 2. The Morgan fingerprint density at radius 2 is 1.47 bits per heavy atom. The lowest BCUT2D eigenvalue weighted by Gasteiger charge is -2.15. The molecule has 5 rings (SSSR count). The highest BCUT2D eigenvalue weighted by Gasteiger charge is 2.20. The van der Waals surface area contributed by atoms with E-state index in [1.165, 1.54) is 0 Å². The van der Waals surface area contributed by atoms with Crippen LogP contribution in [-0.4, -0.2) is 58.6 Å². The highest BCUT2D eigenvalue weighted by atomic mass is 35.5. The van der Waals surface area contributed by atoms with Crippen molar-refractivity contribution in [3.8, 4) is 0 Å². The van der Waals surface area contributed by atoms with Crippen LogP contribution in [0.2, 0.25) is 10.0 Å². The van der Waals surface area contributed by atoms with E-state index in [-0.39, 0.29) is 12.5 Å². The van der Waals surface area contributed by atoms with E-state index in [4.69, 9.17) is 28.0 Å². The number of pyridine rings is 1. The van der Waals surface area contributed by atoms with Crippen LogP contribution < -0.4 is 16.0 Å². The molecule has 0 spiro atoms. The van der Waals surface area contributed by atoms with Gasteiger partial charge in [0.2, 0.25) is 0 Å². The van der Waals surface area contributed by atoms with Gasteiger partial charge in [0.25, 0.3) is 5.91 Å². The monoisotopic (exact) mass is 647 g/mol. The first kappa shape index (κ1) is 33.5. The number of fused-ring (bicyclic) bond motifs is 1. The molecule has 6 N–H and O–H groups in total. The molecule has 2 aromatic heterocycles. The van der Waals surface area contributed by atoms with Crippen LogP contribution in [-0.2, 0) is 11.2 Å². The number of H-pyrrole nitrogens is 1. The Balaban J connectivity index is 0.00000226. The Morgan fingerprint density at radius 3 is 2.16 bits per heavy atom. The maximum absolute atomic E-state index is 12.1. The third-order valence-electron chi connectivity index (χ3n) is 7.20. The fraction of sp³-hybridized carbons (Fsp3) is 0.206. The molecule has 0 saturated carbocycles. The van der Waals surface area contributed by atoms with E-state index in [2.05, 4.69) is 25.9 Å². The number of aliphatic hydroxyl groups is 2. The van der Waals surface area contributed by atoms with E-state index in [9.17, 15) is 15.0 Å². The standard InChI is InChI=1S/C33H33Cl2N5O3.CH2O/c34-23-3-8-26(9-4-23)38-18-14-28-29-19-24(35)5-10-30(29)40-31(28)32(42)21-1-6-25(7-2-21)37-17-13-27(41)20-39-33(43)22-11-15-36-16-12-22;1-2/h1-12,15-16,19,27,32,37-38,40-42H,13-14,17-18,20H2,(H,39,43);1H2. The molecule has 1 amide bonds. The number of hydrogen-bond donors (Lipinski definition) is 6. The highest BCUT2D eigenvalue weighted by molar-refractivity contribution is 6.31. The van der Waals surface area contributed by atoms with Crippen LogP contribution in [0.4, 0.5) is 11.4 Å². The first-order valence-corrected chi connectivity index (χ1v) is 15.1. The van der Waals surface area contributed by atoms with Gasteiger partial charge in [-0.25, -0.2) is 0 Å². The molecule has 0 bridgehead atoms. The van der Waals surface area contributed by atoms with Crippen LogP contribution in [0.5, 0.6) is 0 Å². The summed E-state index contributed by atoms with van der Waals surface area (Å²) in [4.78, 5) is 27.4. The van der Waals surface area contributed by atoms with Crippen molar-refractivity contribution in [3.63, 3.8) is 0 Å². The number of amides is 1. The minimum absolute atomic E-state index is 0.154. The van der Waals surface area contributed by atoms with Crippen molar-refractivity contribution in [3.05, 3.63) is 124 Å². The topological polar surface area (TPSA) is 139 Å². The largest absolute Gasteiger partial charge is 0.391 e. The molecule has 2 atom stereocenters. The zero-order valence-electron chi connectivity index (χ0n) is 24.5. The lowest BCUT2D eigenvalue weighted by molar-refractivity contribution is -0.0980. The number of aromatic nitrogens is 2. The van der Waals surface area contributed by atoms with Crippen LogP contribution in [0.25, 0.3) is 10.9 Å². The van der Waals surface area contributed by atoms with Gasteiger partial charge in [0.05, 0.1) is 11.8 Å². The van der Waals surface area contributed by atoms with Crippen molar-refractivity contribution in [1.82, 2.24) is 15.3 Å². The van der Waals surface area contributed by atoms with Gasteiger partial charge in [-0.05, 0) is 90.7 Å². The second-order valence-corrected chi connectivity index (χ2v) is 11.1. The number of nitrogens with zero attached hydrogens (tertiary/aromatic N) is 1. The summed E-state index contributed by atoms with van der Waals surface area (Å²) in [5, 5.41) is 33.4. The molecule has 234 valence electrons. The maximum atomic E-state index is 12.1. The summed E-state index contributed by atoms with van der Waals surface area (Å²) < 4.78 is 0. The summed E-state index contributed by atoms with van der Waals surface area (Å²) in [6.45, 7) is 3.33. The van der Waals surface area contributed by atoms with Crippen LogP contribution >= 0.6 is 23.2 Å². The zero-order valence-corrected chi connectivity index (χ0v) is 26.0. The third-order valence-corrected chi connectivity index (χ3v) is 7.68. The molecule has 0 aliphatic carbocycles. The third kappa shape index (κ3) is 9.29. The molecule has 0 aliphatic rings. The molecule has 45 heavy (non-hydrogen) atoms. The zero-order chi connectivity index (χ0) is 32.2. The highest BCUT2D eigenvalue weighted by Crippen LogP contribution is 2.33.